The number of benzene rings is 3. The molecule has 1 aliphatic heterocycles. The van der Waals surface area contributed by atoms with Gasteiger partial charge in [0, 0.05) is 25.2 Å². The first-order chi connectivity index (χ1) is 17.8. The standard InChI is InChI=1S/C29H26N4O4/c1-16-9-5-6-10-18(16)25-23-26(31(2)29(36)32(3)28(23)35)27-24(19-15-17(37-4)13-14-22(19)34)30-20-11-7-8-12-21(20)33(25)27/h5-15,24,30,34H,1-4H3. The Labute approximate surface area is 212 Å². The van der Waals surface area contributed by atoms with Gasteiger partial charge in [-0.2, -0.15) is 0 Å². The molecule has 186 valence electrons. The maximum Gasteiger partial charge on any atom is 0.331 e. The van der Waals surface area contributed by atoms with Gasteiger partial charge in [0.15, 0.2) is 0 Å². The average Bonchev–Trinajstić information content (AvgIpc) is 3.27. The molecule has 8 nitrogen and oxygen atoms in total. The van der Waals surface area contributed by atoms with Gasteiger partial charge in [-0.1, -0.05) is 36.4 Å². The van der Waals surface area contributed by atoms with Gasteiger partial charge < -0.3 is 19.7 Å². The van der Waals surface area contributed by atoms with Crippen LogP contribution < -0.4 is 21.3 Å². The molecule has 0 fully saturated rings. The van der Waals surface area contributed by atoms with Crippen molar-refractivity contribution >= 4 is 16.6 Å². The van der Waals surface area contributed by atoms with E-state index in [-0.39, 0.29) is 11.3 Å². The normalized spacial score (nSPS) is 14.2. The molecule has 2 aromatic heterocycles. The van der Waals surface area contributed by atoms with Gasteiger partial charge in [-0.3, -0.25) is 13.9 Å². The van der Waals surface area contributed by atoms with Crippen LogP contribution in [0.15, 0.2) is 76.3 Å². The molecule has 0 amide bonds. The largest absolute Gasteiger partial charge is 0.508 e. The van der Waals surface area contributed by atoms with Crippen LogP contribution in [0.25, 0.3) is 27.8 Å². The van der Waals surface area contributed by atoms with Gasteiger partial charge >= 0.3 is 5.69 Å². The fraction of sp³-hybridized carbons (Fsp3) is 0.172. The Bertz CT molecular complexity index is 1840. The van der Waals surface area contributed by atoms with Crippen LogP contribution in [0.2, 0.25) is 0 Å². The van der Waals surface area contributed by atoms with E-state index >= 15 is 0 Å². The van der Waals surface area contributed by atoms with E-state index in [9.17, 15) is 14.7 Å². The summed E-state index contributed by atoms with van der Waals surface area (Å²) >= 11 is 0. The molecule has 1 atom stereocenters. The molecule has 2 N–H and O–H groups in total. The van der Waals surface area contributed by atoms with Crippen molar-refractivity contribution in [2.45, 2.75) is 13.0 Å². The topological polar surface area (TPSA) is 90.4 Å². The molecule has 0 radical (unpaired) electrons. The lowest BCUT2D eigenvalue weighted by molar-refractivity contribution is 0.410. The van der Waals surface area contributed by atoms with Crippen LogP contribution in [0.1, 0.15) is 22.9 Å². The van der Waals surface area contributed by atoms with Crippen LogP contribution in [0.3, 0.4) is 0 Å². The molecule has 1 aliphatic rings. The lowest BCUT2D eigenvalue weighted by Gasteiger charge is -2.31. The summed E-state index contributed by atoms with van der Waals surface area (Å²) in [6, 6.07) is 20.2. The molecule has 0 spiro atoms. The van der Waals surface area contributed by atoms with Crippen LogP contribution in [0.5, 0.6) is 11.5 Å². The summed E-state index contributed by atoms with van der Waals surface area (Å²) in [7, 11) is 4.75. The first kappa shape index (κ1) is 22.7. The summed E-state index contributed by atoms with van der Waals surface area (Å²) < 4.78 is 10.2. The fourth-order valence-electron chi connectivity index (χ4n) is 5.44. The SMILES string of the molecule is COc1ccc(O)c(C2Nc3ccccc3-n3c(-c4ccccc4C)c4c(=O)n(C)c(=O)n(C)c4c32)c1. The molecular formula is C29H26N4O4. The van der Waals surface area contributed by atoms with Crippen LogP contribution >= 0.6 is 0 Å². The molecule has 8 heteroatoms. The lowest BCUT2D eigenvalue weighted by atomic mass is 9.98. The van der Waals surface area contributed by atoms with Gasteiger partial charge in [0.05, 0.1) is 46.8 Å². The predicted molar refractivity (Wildman–Crippen MR) is 144 cm³/mol. The molecule has 0 aliphatic carbocycles. The molecule has 3 heterocycles. The van der Waals surface area contributed by atoms with Crippen LogP contribution in [0.4, 0.5) is 5.69 Å². The van der Waals surface area contributed by atoms with E-state index in [1.54, 1.807) is 32.4 Å². The number of phenolic OH excluding ortho intramolecular Hbond substituents is 1. The first-order valence-corrected chi connectivity index (χ1v) is 12.0. The second kappa shape index (κ2) is 8.16. The van der Waals surface area contributed by atoms with E-state index < -0.39 is 11.7 Å². The predicted octanol–water partition coefficient (Wildman–Crippen LogP) is 4.23. The Kier molecular flexibility index (Phi) is 5.01. The fourth-order valence-corrected chi connectivity index (χ4v) is 5.44. The summed E-state index contributed by atoms with van der Waals surface area (Å²) in [5.41, 5.74) is 5.25. The number of methoxy groups -OCH3 is 1. The third-order valence-corrected chi connectivity index (χ3v) is 7.27. The number of para-hydroxylation sites is 2. The van der Waals surface area contributed by atoms with Crippen molar-refractivity contribution in [2.24, 2.45) is 14.1 Å². The summed E-state index contributed by atoms with van der Waals surface area (Å²) in [5, 5.41) is 15.0. The quantitative estimate of drug-likeness (QED) is 0.392. The van der Waals surface area contributed by atoms with Gasteiger partial charge in [0.1, 0.15) is 11.5 Å². The van der Waals surface area contributed by atoms with Crippen molar-refractivity contribution in [1.82, 2.24) is 13.7 Å². The molecular weight excluding hydrogens is 468 g/mol. The number of anilines is 1. The van der Waals surface area contributed by atoms with E-state index in [2.05, 4.69) is 9.88 Å². The molecule has 6 rings (SSSR count). The number of fused-ring (bicyclic) bond motifs is 5. The van der Waals surface area contributed by atoms with Gasteiger partial charge in [0.25, 0.3) is 5.56 Å². The lowest BCUT2D eigenvalue weighted by Crippen LogP contribution is -2.37. The highest BCUT2D eigenvalue weighted by molar-refractivity contribution is 6.00. The molecule has 5 aromatic rings. The molecule has 0 bridgehead atoms. The van der Waals surface area contributed by atoms with Gasteiger partial charge in [-0.05, 0) is 42.8 Å². The maximum absolute atomic E-state index is 13.8. The van der Waals surface area contributed by atoms with Crippen molar-refractivity contribution < 1.29 is 9.84 Å². The van der Waals surface area contributed by atoms with Crippen LogP contribution in [-0.4, -0.2) is 25.9 Å². The highest BCUT2D eigenvalue weighted by atomic mass is 16.5. The Morgan fingerprint density at radius 1 is 0.946 bits per heavy atom. The Balaban J connectivity index is 1.88. The minimum Gasteiger partial charge on any atom is -0.508 e. The zero-order valence-electron chi connectivity index (χ0n) is 20.9. The van der Waals surface area contributed by atoms with E-state index in [1.165, 1.54) is 11.6 Å². The number of aromatic hydroxyl groups is 1. The Morgan fingerprint density at radius 2 is 1.68 bits per heavy atom. The number of aromatic nitrogens is 3. The Morgan fingerprint density at radius 3 is 2.43 bits per heavy atom. The van der Waals surface area contributed by atoms with Crippen molar-refractivity contribution in [3.8, 4) is 28.4 Å². The van der Waals surface area contributed by atoms with Crippen LogP contribution in [0, 0.1) is 6.92 Å². The summed E-state index contributed by atoms with van der Waals surface area (Å²) in [6.07, 6.45) is 0. The smallest absolute Gasteiger partial charge is 0.331 e. The molecule has 0 saturated heterocycles. The Hall–Kier alpha value is -4.72. The zero-order chi connectivity index (χ0) is 26.0. The molecule has 3 aromatic carbocycles. The van der Waals surface area contributed by atoms with Gasteiger partial charge in [-0.15, -0.1) is 0 Å². The van der Waals surface area contributed by atoms with Crippen molar-refractivity contribution in [3.05, 3.63) is 104 Å². The minimum atomic E-state index is -0.581. The number of hydrogen-bond acceptors (Lipinski definition) is 5. The average molecular weight is 495 g/mol. The number of hydrogen-bond donors (Lipinski definition) is 2. The number of ether oxygens (including phenoxy) is 1. The van der Waals surface area contributed by atoms with E-state index in [0.717, 1.165) is 27.1 Å². The number of aryl methyl sites for hydroxylation is 2. The summed E-state index contributed by atoms with van der Waals surface area (Å²) in [6.45, 7) is 2.01. The van der Waals surface area contributed by atoms with Crippen molar-refractivity contribution in [3.63, 3.8) is 0 Å². The number of nitrogens with zero attached hydrogens (tertiary/aromatic N) is 3. The van der Waals surface area contributed by atoms with Crippen molar-refractivity contribution in [1.29, 1.82) is 0 Å². The highest BCUT2D eigenvalue weighted by Crippen LogP contribution is 2.47. The van der Waals surface area contributed by atoms with E-state index in [0.29, 0.717) is 33.6 Å². The second-order valence-corrected chi connectivity index (χ2v) is 9.33. The monoisotopic (exact) mass is 494 g/mol. The molecule has 1 unspecified atom stereocenters. The zero-order valence-corrected chi connectivity index (χ0v) is 20.9. The minimum absolute atomic E-state index is 0.0739. The number of phenols is 1. The number of nitrogens with one attached hydrogen (secondary N) is 1. The van der Waals surface area contributed by atoms with Gasteiger partial charge in [-0.25, -0.2) is 4.79 Å². The molecule has 37 heavy (non-hydrogen) atoms. The molecule has 0 saturated carbocycles. The van der Waals surface area contributed by atoms with Crippen molar-refractivity contribution in [2.75, 3.05) is 12.4 Å². The summed E-state index contributed by atoms with van der Waals surface area (Å²) in [4.78, 5) is 27.0. The second-order valence-electron chi connectivity index (χ2n) is 9.33. The van der Waals surface area contributed by atoms with E-state index in [4.69, 9.17) is 4.74 Å². The van der Waals surface area contributed by atoms with E-state index in [1.807, 2.05) is 55.5 Å². The highest BCUT2D eigenvalue weighted by Gasteiger charge is 2.36. The maximum atomic E-state index is 13.8. The van der Waals surface area contributed by atoms with Gasteiger partial charge in [0.2, 0.25) is 0 Å². The first-order valence-electron chi connectivity index (χ1n) is 12.0. The third kappa shape index (κ3) is 3.15. The number of rotatable bonds is 3. The van der Waals surface area contributed by atoms with Crippen LogP contribution in [-0.2, 0) is 14.1 Å². The summed E-state index contributed by atoms with van der Waals surface area (Å²) in [5.74, 6) is 0.657. The third-order valence-electron chi connectivity index (χ3n) is 7.27.